The van der Waals surface area contributed by atoms with E-state index in [0.29, 0.717) is 18.5 Å². The molecule has 1 aliphatic carbocycles. The molecule has 1 fully saturated rings. The van der Waals surface area contributed by atoms with E-state index in [9.17, 15) is 0 Å². The van der Waals surface area contributed by atoms with Gasteiger partial charge in [0.15, 0.2) is 5.96 Å². The monoisotopic (exact) mass is 295 g/mol. The van der Waals surface area contributed by atoms with Crippen molar-refractivity contribution >= 4 is 17.3 Å². The highest BCUT2D eigenvalue weighted by molar-refractivity contribution is 7.11. The molecule has 0 saturated heterocycles. The molecule has 0 unspecified atom stereocenters. The summed E-state index contributed by atoms with van der Waals surface area (Å²) >= 11 is 1.62. The third-order valence-electron chi connectivity index (χ3n) is 3.45. The lowest BCUT2D eigenvalue weighted by atomic mass is 9.96. The van der Waals surface area contributed by atoms with E-state index in [4.69, 9.17) is 5.73 Å². The lowest BCUT2D eigenvalue weighted by Crippen LogP contribution is -2.41. The Morgan fingerprint density at radius 2 is 2.00 bits per heavy atom. The molecule has 1 aromatic heterocycles. The van der Waals surface area contributed by atoms with E-state index in [1.54, 1.807) is 11.3 Å². The minimum atomic E-state index is 0.0471. The summed E-state index contributed by atoms with van der Waals surface area (Å²) in [4.78, 5) is 4.38. The average molecular weight is 295 g/mol. The molecule has 0 bridgehead atoms. The van der Waals surface area contributed by atoms with Crippen LogP contribution < -0.4 is 11.1 Å². The predicted octanol–water partition coefficient (Wildman–Crippen LogP) is 2.57. The molecular weight excluding hydrogens is 270 g/mol. The van der Waals surface area contributed by atoms with Gasteiger partial charge in [-0.15, -0.1) is 10.2 Å². The first-order chi connectivity index (χ1) is 9.45. The Bertz CT molecular complexity index is 454. The number of nitrogens with zero attached hydrogens (tertiary/aromatic N) is 3. The van der Waals surface area contributed by atoms with E-state index in [1.807, 2.05) is 0 Å². The molecule has 1 aliphatic rings. The minimum absolute atomic E-state index is 0.0471. The van der Waals surface area contributed by atoms with Gasteiger partial charge in [0.05, 0.1) is 6.54 Å². The second kappa shape index (κ2) is 6.52. The molecule has 0 amide bonds. The Hall–Kier alpha value is -1.17. The molecule has 112 valence electrons. The minimum Gasteiger partial charge on any atom is -0.370 e. The highest BCUT2D eigenvalue weighted by atomic mass is 32.1. The number of rotatable bonds is 3. The molecule has 1 saturated carbocycles. The Morgan fingerprint density at radius 1 is 1.30 bits per heavy atom. The zero-order valence-corrected chi connectivity index (χ0v) is 13.5. The van der Waals surface area contributed by atoms with E-state index >= 15 is 0 Å². The zero-order chi connectivity index (χ0) is 14.6. The van der Waals surface area contributed by atoms with Crippen LogP contribution in [0.3, 0.4) is 0 Å². The molecule has 0 spiro atoms. The first-order valence-electron chi connectivity index (χ1n) is 7.34. The molecule has 0 aliphatic heterocycles. The third-order valence-corrected chi connectivity index (χ3v) is 4.78. The molecule has 0 aromatic carbocycles. The number of aliphatic imine (C=N–C) groups is 1. The maximum Gasteiger partial charge on any atom is 0.189 e. The van der Waals surface area contributed by atoms with Crippen molar-refractivity contribution in [2.45, 2.75) is 70.9 Å². The number of hydrogen-bond acceptors (Lipinski definition) is 4. The second-order valence-corrected chi connectivity index (χ2v) is 7.49. The summed E-state index contributed by atoms with van der Waals surface area (Å²) in [6.07, 6.45) is 6.31. The topological polar surface area (TPSA) is 76.2 Å². The predicted molar refractivity (Wildman–Crippen MR) is 83.9 cm³/mol. The van der Waals surface area contributed by atoms with Gasteiger partial charge in [0.1, 0.15) is 10.0 Å². The number of nitrogens with one attached hydrogen (secondary N) is 1. The lowest BCUT2D eigenvalue weighted by molar-refractivity contribution is 0.412. The Morgan fingerprint density at radius 3 is 2.60 bits per heavy atom. The van der Waals surface area contributed by atoms with Crippen molar-refractivity contribution < 1.29 is 0 Å². The fourth-order valence-corrected chi connectivity index (χ4v) is 3.10. The van der Waals surface area contributed by atoms with Gasteiger partial charge in [0.2, 0.25) is 0 Å². The fraction of sp³-hybridized carbons (Fsp3) is 0.786. The van der Waals surface area contributed by atoms with E-state index in [2.05, 4.69) is 41.3 Å². The first kappa shape index (κ1) is 15.2. The van der Waals surface area contributed by atoms with Crippen LogP contribution >= 0.6 is 11.3 Å². The summed E-state index contributed by atoms with van der Waals surface area (Å²) in [6, 6.07) is 0.493. The van der Waals surface area contributed by atoms with Crippen molar-refractivity contribution in [3.63, 3.8) is 0 Å². The summed E-state index contributed by atoms with van der Waals surface area (Å²) in [5, 5.41) is 13.7. The molecule has 6 heteroatoms. The van der Waals surface area contributed by atoms with Crippen LogP contribution in [0.4, 0.5) is 0 Å². The molecule has 2 rings (SSSR count). The summed E-state index contributed by atoms with van der Waals surface area (Å²) in [7, 11) is 0. The second-order valence-electron chi connectivity index (χ2n) is 6.43. The van der Waals surface area contributed by atoms with E-state index in [-0.39, 0.29) is 5.41 Å². The normalized spacial score (nSPS) is 18.2. The van der Waals surface area contributed by atoms with Gasteiger partial charge in [-0.25, -0.2) is 4.99 Å². The van der Waals surface area contributed by atoms with Gasteiger partial charge in [-0.05, 0) is 12.8 Å². The van der Waals surface area contributed by atoms with Crippen LogP contribution in [0.2, 0.25) is 0 Å². The number of aromatic nitrogens is 2. The molecule has 5 nitrogen and oxygen atoms in total. The van der Waals surface area contributed by atoms with E-state index < -0.39 is 0 Å². The van der Waals surface area contributed by atoms with Crippen LogP contribution in [0.1, 0.15) is 62.9 Å². The van der Waals surface area contributed by atoms with Crippen LogP contribution in [0.5, 0.6) is 0 Å². The van der Waals surface area contributed by atoms with Crippen molar-refractivity contribution in [2.24, 2.45) is 10.7 Å². The molecule has 1 heterocycles. The third kappa shape index (κ3) is 4.44. The SMILES string of the molecule is CC(C)(C)c1nnc(CN=C(N)NC2CCCCC2)s1. The molecule has 0 radical (unpaired) electrons. The quantitative estimate of drug-likeness (QED) is 0.664. The van der Waals surface area contributed by atoms with Gasteiger partial charge in [-0.1, -0.05) is 51.4 Å². The van der Waals surface area contributed by atoms with Crippen LogP contribution in [0.25, 0.3) is 0 Å². The lowest BCUT2D eigenvalue weighted by Gasteiger charge is -2.23. The van der Waals surface area contributed by atoms with Crippen molar-refractivity contribution in [3.8, 4) is 0 Å². The Kier molecular flexibility index (Phi) is 4.96. The van der Waals surface area contributed by atoms with Gasteiger partial charge >= 0.3 is 0 Å². The molecule has 1 aromatic rings. The van der Waals surface area contributed by atoms with Gasteiger partial charge in [-0.2, -0.15) is 0 Å². The van der Waals surface area contributed by atoms with Gasteiger partial charge in [0, 0.05) is 11.5 Å². The number of hydrogen-bond donors (Lipinski definition) is 2. The Labute approximate surface area is 125 Å². The van der Waals surface area contributed by atoms with Gasteiger partial charge in [0.25, 0.3) is 0 Å². The smallest absolute Gasteiger partial charge is 0.189 e. The maximum absolute atomic E-state index is 5.94. The van der Waals surface area contributed by atoms with Crippen molar-refractivity contribution in [1.82, 2.24) is 15.5 Å². The standard InChI is InChI=1S/C14H25N5S/c1-14(2,3)12-19-18-11(20-12)9-16-13(15)17-10-7-5-4-6-8-10/h10H,4-9H2,1-3H3,(H3,15,16,17). The molecule has 0 atom stereocenters. The average Bonchev–Trinajstić information content (AvgIpc) is 2.86. The van der Waals surface area contributed by atoms with Gasteiger partial charge < -0.3 is 11.1 Å². The highest BCUT2D eigenvalue weighted by Crippen LogP contribution is 2.25. The highest BCUT2D eigenvalue weighted by Gasteiger charge is 2.19. The Balaban J connectivity index is 1.86. The summed E-state index contributed by atoms with van der Waals surface area (Å²) in [5.41, 5.74) is 5.99. The fourth-order valence-electron chi connectivity index (χ4n) is 2.28. The summed E-state index contributed by atoms with van der Waals surface area (Å²) in [5.74, 6) is 0.532. The van der Waals surface area contributed by atoms with Crippen molar-refractivity contribution in [3.05, 3.63) is 10.0 Å². The molecule has 3 N–H and O–H groups in total. The van der Waals surface area contributed by atoms with Crippen LogP contribution in [0.15, 0.2) is 4.99 Å². The first-order valence-corrected chi connectivity index (χ1v) is 8.16. The zero-order valence-electron chi connectivity index (χ0n) is 12.6. The van der Waals surface area contributed by atoms with E-state index in [0.717, 1.165) is 10.0 Å². The number of guanidine groups is 1. The van der Waals surface area contributed by atoms with Crippen molar-refractivity contribution in [2.75, 3.05) is 0 Å². The largest absolute Gasteiger partial charge is 0.370 e. The number of nitrogens with two attached hydrogens (primary N) is 1. The molecular formula is C14H25N5S. The van der Waals surface area contributed by atoms with Crippen LogP contribution in [0, 0.1) is 0 Å². The van der Waals surface area contributed by atoms with Crippen molar-refractivity contribution in [1.29, 1.82) is 0 Å². The summed E-state index contributed by atoms with van der Waals surface area (Å²) < 4.78 is 0. The van der Waals surface area contributed by atoms with Gasteiger partial charge in [-0.3, -0.25) is 0 Å². The molecule has 20 heavy (non-hydrogen) atoms. The van der Waals surface area contributed by atoms with Crippen LogP contribution in [-0.4, -0.2) is 22.2 Å². The maximum atomic E-state index is 5.94. The van der Waals surface area contributed by atoms with E-state index in [1.165, 1.54) is 32.1 Å². The van der Waals surface area contributed by atoms with Crippen LogP contribution in [-0.2, 0) is 12.0 Å². The summed E-state index contributed by atoms with van der Waals surface area (Å²) in [6.45, 7) is 6.93.